The number of rotatable bonds is 4. The number of hydrogen-bond acceptors (Lipinski definition) is 4. The van der Waals surface area contributed by atoms with E-state index in [4.69, 9.17) is 5.73 Å². The Morgan fingerprint density at radius 1 is 1.79 bits per heavy atom. The second-order valence-electron chi connectivity index (χ2n) is 2.68. The van der Waals surface area contributed by atoms with Crippen LogP contribution >= 0.6 is 0 Å². The van der Waals surface area contributed by atoms with Crippen molar-refractivity contribution in [1.82, 2.24) is 9.97 Å². The molecular weight excluding hydrogens is 184 g/mol. The molecule has 0 fully saturated rings. The van der Waals surface area contributed by atoms with Gasteiger partial charge < -0.3 is 15.5 Å². The van der Waals surface area contributed by atoms with Crippen molar-refractivity contribution in [1.29, 1.82) is 0 Å². The zero-order valence-corrected chi connectivity index (χ0v) is 7.65. The summed E-state index contributed by atoms with van der Waals surface area (Å²) >= 11 is 0. The molecule has 3 N–H and O–H groups in total. The summed E-state index contributed by atoms with van der Waals surface area (Å²) in [7, 11) is 0. The van der Waals surface area contributed by atoms with Gasteiger partial charge in [0.15, 0.2) is 11.5 Å². The van der Waals surface area contributed by atoms with Gasteiger partial charge in [-0.3, -0.25) is 4.79 Å². The molecule has 1 heterocycles. The molecule has 0 saturated carbocycles. The maximum Gasteiger partial charge on any atom is 0.269 e. The Kier molecular flexibility index (Phi) is 3.11. The summed E-state index contributed by atoms with van der Waals surface area (Å²) in [6.07, 6.45) is 2.27. The van der Waals surface area contributed by atoms with Crippen LogP contribution in [0.15, 0.2) is 11.3 Å². The van der Waals surface area contributed by atoms with Crippen molar-refractivity contribution in [3.63, 3.8) is 0 Å². The van der Waals surface area contributed by atoms with Crippen LogP contribution in [0.2, 0.25) is 0 Å². The number of aromatic nitrogens is 2. The molecule has 1 rings (SSSR count). The highest BCUT2D eigenvalue weighted by Gasteiger charge is 2.09. The van der Waals surface area contributed by atoms with Crippen LogP contribution < -0.4 is 5.73 Å². The Bertz CT molecular complexity index is 380. The Balaban J connectivity index is 2.96. The lowest BCUT2D eigenvalue weighted by molar-refractivity contribution is -0.106. The first-order chi connectivity index (χ1) is 6.65. The van der Waals surface area contributed by atoms with Crippen molar-refractivity contribution in [3.8, 4) is 0 Å². The zero-order chi connectivity index (χ0) is 10.6. The van der Waals surface area contributed by atoms with Crippen LogP contribution in [0.3, 0.4) is 0 Å². The molecule has 1 amide bonds. The van der Waals surface area contributed by atoms with Gasteiger partial charge in [-0.25, -0.2) is 9.98 Å². The molecule has 0 spiro atoms. The van der Waals surface area contributed by atoms with Crippen molar-refractivity contribution in [3.05, 3.63) is 12.0 Å². The van der Waals surface area contributed by atoms with E-state index < -0.39 is 5.91 Å². The SMILES string of the molecule is CC(CC=O)=Nc1nc[nH]c1C(N)=O. The summed E-state index contributed by atoms with van der Waals surface area (Å²) in [4.78, 5) is 31.3. The quantitative estimate of drug-likeness (QED) is 0.528. The van der Waals surface area contributed by atoms with E-state index in [-0.39, 0.29) is 17.9 Å². The largest absolute Gasteiger partial charge is 0.364 e. The Morgan fingerprint density at radius 3 is 3.07 bits per heavy atom. The number of hydrogen-bond donors (Lipinski definition) is 2. The summed E-state index contributed by atoms with van der Waals surface area (Å²) < 4.78 is 0. The van der Waals surface area contributed by atoms with Crippen LogP contribution in [0.25, 0.3) is 0 Å². The number of aromatic amines is 1. The molecule has 0 bridgehead atoms. The Morgan fingerprint density at radius 2 is 2.50 bits per heavy atom. The van der Waals surface area contributed by atoms with Crippen LogP contribution in [0, 0.1) is 0 Å². The maximum atomic E-state index is 10.8. The van der Waals surface area contributed by atoms with E-state index in [0.717, 1.165) is 6.29 Å². The highest BCUT2D eigenvalue weighted by atomic mass is 16.1. The second-order valence-corrected chi connectivity index (χ2v) is 2.68. The minimum atomic E-state index is -0.625. The van der Waals surface area contributed by atoms with Gasteiger partial charge in [0.2, 0.25) is 0 Å². The van der Waals surface area contributed by atoms with Crippen molar-refractivity contribution in [2.24, 2.45) is 10.7 Å². The van der Waals surface area contributed by atoms with Crippen LogP contribution in [0.4, 0.5) is 5.82 Å². The fraction of sp³-hybridized carbons (Fsp3) is 0.250. The van der Waals surface area contributed by atoms with Crippen molar-refractivity contribution in [2.75, 3.05) is 0 Å². The Hall–Kier alpha value is -1.98. The average Bonchev–Trinajstić information content (AvgIpc) is 2.52. The minimum Gasteiger partial charge on any atom is -0.364 e. The van der Waals surface area contributed by atoms with Gasteiger partial charge in [0, 0.05) is 12.1 Å². The van der Waals surface area contributed by atoms with Gasteiger partial charge >= 0.3 is 0 Å². The number of aliphatic imine (C=N–C) groups is 1. The van der Waals surface area contributed by atoms with E-state index in [1.807, 2.05) is 0 Å². The molecule has 14 heavy (non-hydrogen) atoms. The van der Waals surface area contributed by atoms with Gasteiger partial charge in [0.1, 0.15) is 6.29 Å². The van der Waals surface area contributed by atoms with Gasteiger partial charge in [-0.05, 0) is 6.92 Å². The van der Waals surface area contributed by atoms with Gasteiger partial charge in [-0.2, -0.15) is 0 Å². The molecule has 0 unspecified atom stereocenters. The van der Waals surface area contributed by atoms with Gasteiger partial charge in [0.05, 0.1) is 6.33 Å². The normalized spacial score (nSPS) is 11.4. The number of carbonyl (C=O) groups is 2. The van der Waals surface area contributed by atoms with Crippen LogP contribution in [0.5, 0.6) is 0 Å². The topological polar surface area (TPSA) is 101 Å². The van der Waals surface area contributed by atoms with E-state index in [9.17, 15) is 9.59 Å². The monoisotopic (exact) mass is 194 g/mol. The van der Waals surface area contributed by atoms with E-state index >= 15 is 0 Å². The third-order valence-corrected chi connectivity index (χ3v) is 1.54. The lowest BCUT2D eigenvalue weighted by atomic mass is 10.3. The third kappa shape index (κ3) is 2.25. The molecular formula is C8H10N4O2. The lowest BCUT2D eigenvalue weighted by Gasteiger charge is -1.94. The molecule has 1 aromatic heterocycles. The summed E-state index contributed by atoms with van der Waals surface area (Å²) in [6, 6.07) is 0. The standard InChI is InChI=1S/C8H10N4O2/c1-5(2-3-13)12-8-6(7(9)14)10-4-11-8/h3-4H,2H2,1H3,(H2,9,14)(H,10,11). The first-order valence-electron chi connectivity index (χ1n) is 3.96. The molecule has 0 aliphatic carbocycles. The fourth-order valence-electron chi connectivity index (χ4n) is 0.900. The molecule has 1 aromatic rings. The second kappa shape index (κ2) is 4.31. The number of nitrogens with one attached hydrogen (secondary N) is 1. The zero-order valence-electron chi connectivity index (χ0n) is 7.65. The molecule has 6 heteroatoms. The van der Waals surface area contributed by atoms with E-state index in [2.05, 4.69) is 15.0 Å². The smallest absolute Gasteiger partial charge is 0.269 e. The third-order valence-electron chi connectivity index (χ3n) is 1.54. The molecule has 74 valence electrons. The summed E-state index contributed by atoms with van der Waals surface area (Å²) in [5.74, 6) is -0.406. The van der Waals surface area contributed by atoms with Gasteiger partial charge in [-0.1, -0.05) is 0 Å². The van der Waals surface area contributed by atoms with E-state index in [1.165, 1.54) is 6.33 Å². The molecule has 0 saturated heterocycles. The Labute approximate surface area is 80.2 Å². The van der Waals surface area contributed by atoms with Gasteiger partial charge in [-0.15, -0.1) is 0 Å². The van der Waals surface area contributed by atoms with Crippen LogP contribution in [-0.2, 0) is 4.79 Å². The summed E-state index contributed by atoms with van der Waals surface area (Å²) in [6.45, 7) is 1.67. The number of H-pyrrole nitrogens is 1. The van der Waals surface area contributed by atoms with Crippen molar-refractivity contribution in [2.45, 2.75) is 13.3 Å². The summed E-state index contributed by atoms with van der Waals surface area (Å²) in [5, 5.41) is 0. The molecule has 0 aromatic carbocycles. The van der Waals surface area contributed by atoms with Crippen LogP contribution in [0.1, 0.15) is 23.8 Å². The van der Waals surface area contributed by atoms with E-state index in [1.54, 1.807) is 6.92 Å². The number of amides is 1. The molecule has 0 atom stereocenters. The highest BCUT2D eigenvalue weighted by molar-refractivity contribution is 5.98. The first kappa shape index (κ1) is 10.1. The lowest BCUT2D eigenvalue weighted by Crippen LogP contribution is -2.11. The first-order valence-corrected chi connectivity index (χ1v) is 3.96. The molecule has 0 aliphatic rings. The van der Waals surface area contributed by atoms with Crippen LogP contribution in [-0.4, -0.2) is 27.9 Å². The number of aldehydes is 1. The average molecular weight is 194 g/mol. The number of primary amides is 1. The van der Waals surface area contributed by atoms with Crippen molar-refractivity contribution >= 4 is 23.7 Å². The molecule has 0 aliphatic heterocycles. The predicted molar refractivity (Wildman–Crippen MR) is 50.6 cm³/mol. The minimum absolute atomic E-state index is 0.148. The number of nitrogens with two attached hydrogens (primary N) is 1. The van der Waals surface area contributed by atoms with Gasteiger partial charge in [0.25, 0.3) is 5.91 Å². The number of imidazole rings is 1. The van der Waals surface area contributed by atoms with E-state index in [0.29, 0.717) is 5.71 Å². The van der Waals surface area contributed by atoms with Crippen molar-refractivity contribution < 1.29 is 9.59 Å². The number of carbonyl (C=O) groups excluding carboxylic acids is 2. The fourth-order valence-corrected chi connectivity index (χ4v) is 0.900. The number of nitrogens with zero attached hydrogens (tertiary/aromatic N) is 2. The molecule has 6 nitrogen and oxygen atoms in total. The maximum absolute atomic E-state index is 10.8. The highest BCUT2D eigenvalue weighted by Crippen LogP contribution is 2.13. The predicted octanol–water partition coefficient (Wildman–Crippen LogP) is 0.190. The molecule has 0 radical (unpaired) electrons. The summed E-state index contributed by atoms with van der Waals surface area (Å²) in [5.41, 5.74) is 5.79.